The van der Waals surface area contributed by atoms with Crippen molar-refractivity contribution < 1.29 is 89.4 Å². The number of hydrogen-bond acceptors (Lipinski definition) is 18. The summed E-state index contributed by atoms with van der Waals surface area (Å²) in [5, 5.41) is 121. The van der Waals surface area contributed by atoms with Crippen LogP contribution in [0.25, 0.3) is 0 Å². The molecule has 3 aliphatic rings. The molecule has 113 heavy (non-hydrogen) atoms. The molecule has 19 nitrogen and oxygen atoms in total. The first-order chi connectivity index (χ1) is 55.3. The van der Waals surface area contributed by atoms with E-state index >= 15 is 0 Å². The average molecular weight is 1600 g/mol. The fourth-order valence-electron chi connectivity index (χ4n) is 14.8. The molecule has 17 unspecified atom stereocenters. The number of aliphatic hydroxyl groups excluding tert-OH is 11. The molecule has 0 radical (unpaired) electrons. The normalized spacial score (nSPS) is 25.3. The van der Waals surface area contributed by atoms with Crippen LogP contribution in [-0.4, -0.2) is 193 Å². The van der Waals surface area contributed by atoms with E-state index in [0.717, 1.165) is 96.3 Å². The molecule has 19 heteroatoms. The summed E-state index contributed by atoms with van der Waals surface area (Å²) in [4.78, 5) is 13.5. The second-order valence-electron chi connectivity index (χ2n) is 32.0. The van der Waals surface area contributed by atoms with E-state index in [2.05, 4.69) is 116 Å². The predicted octanol–water partition coefficient (Wildman–Crippen LogP) is 17.6. The first kappa shape index (κ1) is 104. The Bertz CT molecular complexity index is 2460. The molecule has 3 rings (SSSR count). The number of aliphatic hydroxyl groups is 11. The third-order valence-corrected chi connectivity index (χ3v) is 22.1. The molecule has 0 spiro atoms. The average Bonchev–Trinajstić information content (AvgIpc) is 0.780. The highest BCUT2D eigenvalue weighted by Crippen LogP contribution is 2.33. The van der Waals surface area contributed by atoms with Gasteiger partial charge in [0.05, 0.1) is 38.6 Å². The van der Waals surface area contributed by atoms with E-state index in [-0.39, 0.29) is 18.9 Å². The zero-order chi connectivity index (χ0) is 81.7. The molecule has 3 heterocycles. The van der Waals surface area contributed by atoms with Gasteiger partial charge in [-0.1, -0.05) is 361 Å². The third kappa shape index (κ3) is 50.9. The Labute approximate surface area is 685 Å². The zero-order valence-electron chi connectivity index (χ0n) is 70.6. The van der Waals surface area contributed by atoms with Crippen molar-refractivity contribution in [2.24, 2.45) is 0 Å². The molecule has 1 amide bonds. The van der Waals surface area contributed by atoms with Crippen molar-refractivity contribution in [3.63, 3.8) is 0 Å². The number of carbonyl (C=O) groups is 1. The van der Waals surface area contributed by atoms with Gasteiger partial charge in [0.25, 0.3) is 0 Å². The van der Waals surface area contributed by atoms with Gasteiger partial charge in [-0.25, -0.2) is 0 Å². The molecule has 17 atom stereocenters. The standard InChI is InChI=1S/C94H165NO18/c1-3-5-7-9-11-13-15-17-19-21-23-25-27-29-31-33-35-37-38-40-42-44-46-48-50-52-54-56-58-60-62-64-66-68-70-72-82(100)95-77(78(99)71-69-67-65-63-61-59-57-55-53-51-49-47-45-43-41-39-36-34-32-30-28-26-24-22-20-18-16-14-12-10-8-6-4-2)76-108-92-88(106)85(103)90(80(74-97)110-92)113-94-89(107)86(104)91(81(75-98)111-94)112-93-87(105)84(102)83(101)79(73-96)109-93/h5,7,11,13,17,19,23,25,29,31,35,37,40,42,61,63,69,71,77-81,83-94,96-99,101-107H,3-4,6,8-10,12,14-16,18,20-22,24,26-28,30,32-34,36,38-39,41,43-60,62,64-68,70,72-76H2,1-2H3,(H,95,100)/b7-5-,13-11-,19-17-,25-23-,31-29-,37-35-,42-40-,63-61+,71-69+. The van der Waals surface area contributed by atoms with E-state index in [0.29, 0.717) is 12.8 Å². The highest BCUT2D eigenvalue weighted by atomic mass is 16.8. The van der Waals surface area contributed by atoms with Gasteiger partial charge in [-0.2, -0.15) is 0 Å². The van der Waals surface area contributed by atoms with Gasteiger partial charge in [0.15, 0.2) is 18.9 Å². The van der Waals surface area contributed by atoms with Crippen LogP contribution >= 0.6 is 0 Å². The fourth-order valence-corrected chi connectivity index (χ4v) is 14.8. The Morgan fingerprint density at radius 1 is 0.327 bits per heavy atom. The number of ether oxygens (including phenoxy) is 6. The van der Waals surface area contributed by atoms with E-state index in [1.54, 1.807) is 6.08 Å². The number of nitrogens with one attached hydrogen (secondary N) is 1. The van der Waals surface area contributed by atoms with Crippen molar-refractivity contribution in [1.29, 1.82) is 0 Å². The van der Waals surface area contributed by atoms with Crippen molar-refractivity contribution in [3.05, 3.63) is 109 Å². The van der Waals surface area contributed by atoms with E-state index in [4.69, 9.17) is 28.4 Å². The van der Waals surface area contributed by atoms with Crippen LogP contribution in [-0.2, 0) is 33.2 Å². The predicted molar refractivity (Wildman–Crippen MR) is 457 cm³/mol. The van der Waals surface area contributed by atoms with Gasteiger partial charge in [0, 0.05) is 6.42 Å². The third-order valence-electron chi connectivity index (χ3n) is 22.1. The van der Waals surface area contributed by atoms with Crippen molar-refractivity contribution >= 4 is 5.91 Å². The molecule has 3 aliphatic heterocycles. The van der Waals surface area contributed by atoms with Crippen LogP contribution in [0.2, 0.25) is 0 Å². The van der Waals surface area contributed by atoms with Crippen LogP contribution in [0.15, 0.2) is 109 Å². The molecule has 3 fully saturated rings. The van der Waals surface area contributed by atoms with Crippen LogP contribution in [0.5, 0.6) is 0 Å². The van der Waals surface area contributed by atoms with Gasteiger partial charge in [0.2, 0.25) is 5.91 Å². The fraction of sp³-hybridized carbons (Fsp3) is 0.798. The topological polar surface area (TPSA) is 307 Å². The van der Waals surface area contributed by atoms with Crippen molar-refractivity contribution in [2.75, 3.05) is 26.4 Å². The van der Waals surface area contributed by atoms with E-state index in [9.17, 15) is 61.0 Å². The number of unbranched alkanes of at least 4 members (excludes halogenated alkanes) is 41. The van der Waals surface area contributed by atoms with Crippen LogP contribution < -0.4 is 5.32 Å². The second-order valence-corrected chi connectivity index (χ2v) is 32.0. The second kappa shape index (κ2) is 72.5. The SMILES string of the molecule is CC/C=C\C/C=C\C/C=C\C/C=C\C/C=C\C/C=C\C/C=C\CCCCCCCCCCCCCCCC(=O)NC(COC1OC(CO)C(OC2OC(CO)C(OC3OC(CO)C(O)C(O)C3O)C(O)C2O)C(O)C1O)C(O)/C=C/CC/C=C/CCCCCCCCCCCCCCCCCCCCCCCCCCCCC. The van der Waals surface area contributed by atoms with Gasteiger partial charge < -0.3 is 89.9 Å². The molecule has 3 saturated heterocycles. The molecule has 12 N–H and O–H groups in total. The minimum Gasteiger partial charge on any atom is -0.394 e. The van der Waals surface area contributed by atoms with Gasteiger partial charge in [-0.3, -0.25) is 4.79 Å². The summed E-state index contributed by atoms with van der Waals surface area (Å²) in [6.45, 7) is 1.64. The first-order valence-electron chi connectivity index (χ1n) is 45.6. The summed E-state index contributed by atoms with van der Waals surface area (Å²) in [5.74, 6) is -0.287. The quantitative estimate of drug-likeness (QED) is 0.0199. The summed E-state index contributed by atoms with van der Waals surface area (Å²) in [6, 6.07) is -1.000. The molecule has 0 aromatic heterocycles. The molecular formula is C94H165NO18. The summed E-state index contributed by atoms with van der Waals surface area (Å²) >= 11 is 0. The van der Waals surface area contributed by atoms with Crippen LogP contribution in [0.3, 0.4) is 0 Å². The number of allylic oxidation sites excluding steroid dienone is 17. The monoisotopic (exact) mass is 1600 g/mol. The Balaban J connectivity index is 1.34. The maximum Gasteiger partial charge on any atom is 0.220 e. The number of amides is 1. The summed E-state index contributed by atoms with van der Waals surface area (Å²) < 4.78 is 34.5. The Hall–Kier alpha value is -3.55. The van der Waals surface area contributed by atoms with Gasteiger partial charge >= 0.3 is 0 Å². The molecule has 0 bridgehead atoms. The van der Waals surface area contributed by atoms with Gasteiger partial charge in [-0.15, -0.1) is 0 Å². The summed E-state index contributed by atoms with van der Waals surface area (Å²) in [5.41, 5.74) is 0. The van der Waals surface area contributed by atoms with Gasteiger partial charge in [-0.05, 0) is 89.9 Å². The highest BCUT2D eigenvalue weighted by molar-refractivity contribution is 5.76. The number of rotatable bonds is 73. The van der Waals surface area contributed by atoms with E-state index < -0.39 is 124 Å². The van der Waals surface area contributed by atoms with Crippen LogP contribution in [0.1, 0.15) is 348 Å². The molecule has 0 aromatic carbocycles. The maximum atomic E-state index is 13.5. The smallest absolute Gasteiger partial charge is 0.220 e. The van der Waals surface area contributed by atoms with Crippen LogP contribution in [0.4, 0.5) is 0 Å². The summed E-state index contributed by atoms with van der Waals surface area (Å²) in [6.07, 6.45) is 75.2. The summed E-state index contributed by atoms with van der Waals surface area (Å²) in [7, 11) is 0. The largest absolute Gasteiger partial charge is 0.394 e. The lowest BCUT2D eigenvalue weighted by molar-refractivity contribution is -0.379. The minimum atomic E-state index is -1.99. The van der Waals surface area contributed by atoms with Crippen molar-refractivity contribution in [1.82, 2.24) is 5.32 Å². The molecule has 0 saturated carbocycles. The lowest BCUT2D eigenvalue weighted by atomic mass is 9.96. The minimum absolute atomic E-state index is 0.229. The lowest BCUT2D eigenvalue weighted by Gasteiger charge is -2.48. The van der Waals surface area contributed by atoms with Crippen LogP contribution in [0, 0.1) is 0 Å². The maximum absolute atomic E-state index is 13.5. The zero-order valence-corrected chi connectivity index (χ0v) is 70.6. The molecular weight excluding hydrogens is 1430 g/mol. The van der Waals surface area contributed by atoms with Crippen molar-refractivity contribution in [3.8, 4) is 0 Å². The van der Waals surface area contributed by atoms with Gasteiger partial charge in [0.1, 0.15) is 73.2 Å². The van der Waals surface area contributed by atoms with Crippen molar-refractivity contribution in [2.45, 2.75) is 452 Å². The Morgan fingerprint density at radius 3 is 0.991 bits per heavy atom. The molecule has 0 aromatic rings. The molecule has 0 aliphatic carbocycles. The Morgan fingerprint density at radius 2 is 0.619 bits per heavy atom. The molecule has 654 valence electrons. The lowest BCUT2D eigenvalue weighted by Crippen LogP contribution is -2.66. The first-order valence-corrected chi connectivity index (χ1v) is 45.6. The highest BCUT2D eigenvalue weighted by Gasteiger charge is 2.54. The Kier molecular flexibility index (Phi) is 66.5. The van der Waals surface area contributed by atoms with E-state index in [1.165, 1.54) is 218 Å². The number of hydrogen-bond donors (Lipinski definition) is 12. The number of carbonyl (C=O) groups excluding carboxylic acids is 1. The van der Waals surface area contributed by atoms with E-state index in [1.807, 2.05) is 6.08 Å².